The molecular formula is C16H20N4O3. The summed E-state index contributed by atoms with van der Waals surface area (Å²) in [7, 11) is 0. The van der Waals surface area contributed by atoms with Crippen molar-refractivity contribution in [1.29, 1.82) is 0 Å². The summed E-state index contributed by atoms with van der Waals surface area (Å²) in [4.78, 5) is 26.2. The van der Waals surface area contributed by atoms with Crippen LogP contribution >= 0.6 is 0 Å². The molecule has 0 aromatic heterocycles. The molecule has 2 heterocycles. The van der Waals surface area contributed by atoms with Gasteiger partial charge in [-0.25, -0.2) is 0 Å². The van der Waals surface area contributed by atoms with E-state index in [2.05, 4.69) is 5.10 Å². The maximum atomic E-state index is 12.7. The van der Waals surface area contributed by atoms with Crippen LogP contribution < -0.4 is 10.7 Å². The number of para-hydroxylation sites is 1. The highest BCUT2D eigenvalue weighted by atomic mass is 16.5. The van der Waals surface area contributed by atoms with Crippen LogP contribution in [0.5, 0.6) is 0 Å². The lowest BCUT2D eigenvalue weighted by Crippen LogP contribution is -2.49. The van der Waals surface area contributed by atoms with Crippen molar-refractivity contribution in [3.63, 3.8) is 0 Å². The second kappa shape index (κ2) is 6.37. The van der Waals surface area contributed by atoms with Crippen molar-refractivity contribution in [1.82, 2.24) is 4.90 Å². The fourth-order valence-corrected chi connectivity index (χ4v) is 2.87. The van der Waals surface area contributed by atoms with Crippen LogP contribution in [0, 0.1) is 0 Å². The molecular weight excluding hydrogens is 296 g/mol. The number of hydrazone groups is 1. The summed E-state index contributed by atoms with van der Waals surface area (Å²) in [6.07, 6.45) is 0.229. The molecule has 3 rings (SSSR count). The lowest BCUT2D eigenvalue weighted by molar-refractivity contribution is -0.131. The number of rotatable bonds is 3. The summed E-state index contributed by atoms with van der Waals surface area (Å²) in [6, 6.07) is 8.63. The van der Waals surface area contributed by atoms with Crippen LogP contribution in [0.15, 0.2) is 35.4 Å². The standard InChI is InChI=1S/C16H20N4O3/c1-11-10-23-8-7-19(11)16(22)13-9-14(15(17)21)20(18-13)12-5-3-2-4-6-12/h2-6,11,14H,7-10H2,1H3,(H2,17,21)/t11-,14-/m1/s1. The van der Waals surface area contributed by atoms with Gasteiger partial charge in [-0.2, -0.15) is 5.10 Å². The first-order valence-corrected chi connectivity index (χ1v) is 7.67. The Labute approximate surface area is 134 Å². The van der Waals surface area contributed by atoms with Gasteiger partial charge in [-0.15, -0.1) is 0 Å². The molecule has 1 saturated heterocycles. The average molecular weight is 316 g/mol. The van der Waals surface area contributed by atoms with E-state index in [1.807, 2.05) is 37.3 Å². The first kappa shape index (κ1) is 15.5. The SMILES string of the molecule is C[C@@H]1COCCN1C(=O)C1=NN(c2ccccc2)[C@@H](C(N)=O)C1. The van der Waals surface area contributed by atoms with Gasteiger partial charge >= 0.3 is 0 Å². The predicted octanol–water partition coefficient (Wildman–Crippen LogP) is 0.354. The minimum absolute atomic E-state index is 0.00301. The zero-order valence-corrected chi connectivity index (χ0v) is 13.0. The number of nitrogens with two attached hydrogens (primary N) is 1. The first-order chi connectivity index (χ1) is 11.1. The average Bonchev–Trinajstić information content (AvgIpc) is 3.01. The number of ether oxygens (including phenoxy) is 1. The van der Waals surface area contributed by atoms with E-state index in [0.29, 0.717) is 25.5 Å². The topological polar surface area (TPSA) is 88.2 Å². The Morgan fingerprint density at radius 1 is 1.30 bits per heavy atom. The Balaban J connectivity index is 1.85. The molecule has 2 atom stereocenters. The molecule has 2 amide bonds. The van der Waals surface area contributed by atoms with E-state index in [9.17, 15) is 9.59 Å². The molecule has 0 saturated carbocycles. The number of benzene rings is 1. The van der Waals surface area contributed by atoms with Crippen LogP contribution in [0.3, 0.4) is 0 Å². The summed E-state index contributed by atoms with van der Waals surface area (Å²) < 4.78 is 5.36. The molecule has 0 bridgehead atoms. The number of primary amides is 1. The number of hydrogen-bond donors (Lipinski definition) is 1. The molecule has 0 unspecified atom stereocenters. The summed E-state index contributed by atoms with van der Waals surface area (Å²) in [6.45, 7) is 3.50. The Morgan fingerprint density at radius 3 is 2.70 bits per heavy atom. The highest BCUT2D eigenvalue weighted by molar-refractivity contribution is 6.40. The highest BCUT2D eigenvalue weighted by Gasteiger charge is 2.37. The van der Waals surface area contributed by atoms with E-state index in [4.69, 9.17) is 10.5 Å². The Hall–Kier alpha value is -2.41. The van der Waals surface area contributed by atoms with E-state index in [0.717, 1.165) is 5.69 Å². The monoisotopic (exact) mass is 316 g/mol. The zero-order chi connectivity index (χ0) is 16.4. The molecule has 2 aliphatic rings. The molecule has 2 N–H and O–H groups in total. The van der Waals surface area contributed by atoms with Crippen LogP contribution in [-0.2, 0) is 14.3 Å². The Bertz CT molecular complexity index is 631. The number of anilines is 1. The molecule has 2 aliphatic heterocycles. The molecule has 23 heavy (non-hydrogen) atoms. The van der Waals surface area contributed by atoms with Gasteiger partial charge in [0.05, 0.1) is 24.9 Å². The van der Waals surface area contributed by atoms with E-state index >= 15 is 0 Å². The number of carbonyl (C=O) groups is 2. The molecule has 1 aromatic carbocycles. The van der Waals surface area contributed by atoms with Gasteiger partial charge in [0.15, 0.2) is 0 Å². The molecule has 0 radical (unpaired) electrons. The van der Waals surface area contributed by atoms with Crippen molar-refractivity contribution in [2.24, 2.45) is 10.8 Å². The van der Waals surface area contributed by atoms with Crippen molar-refractivity contribution in [2.45, 2.75) is 25.4 Å². The largest absolute Gasteiger partial charge is 0.377 e. The molecule has 1 fully saturated rings. The Morgan fingerprint density at radius 2 is 2.04 bits per heavy atom. The van der Waals surface area contributed by atoms with Gasteiger partial charge in [-0.1, -0.05) is 18.2 Å². The van der Waals surface area contributed by atoms with Gasteiger partial charge in [-0.3, -0.25) is 14.6 Å². The molecule has 122 valence electrons. The summed E-state index contributed by atoms with van der Waals surface area (Å²) >= 11 is 0. The van der Waals surface area contributed by atoms with Gasteiger partial charge in [0.1, 0.15) is 11.8 Å². The molecule has 0 spiro atoms. The van der Waals surface area contributed by atoms with E-state index < -0.39 is 11.9 Å². The van der Waals surface area contributed by atoms with Crippen molar-refractivity contribution in [3.8, 4) is 0 Å². The summed E-state index contributed by atoms with van der Waals surface area (Å²) in [5.41, 5.74) is 6.61. The molecule has 7 heteroatoms. The first-order valence-electron chi connectivity index (χ1n) is 7.67. The Kier molecular flexibility index (Phi) is 4.29. The quantitative estimate of drug-likeness (QED) is 0.872. The smallest absolute Gasteiger partial charge is 0.270 e. The van der Waals surface area contributed by atoms with Crippen molar-refractivity contribution in [2.75, 3.05) is 24.8 Å². The number of carbonyl (C=O) groups excluding carboxylic acids is 2. The highest BCUT2D eigenvalue weighted by Crippen LogP contribution is 2.25. The van der Waals surface area contributed by atoms with Crippen LogP contribution in [0.25, 0.3) is 0 Å². The zero-order valence-electron chi connectivity index (χ0n) is 13.0. The van der Waals surface area contributed by atoms with Gasteiger partial charge in [-0.05, 0) is 19.1 Å². The third-order valence-electron chi connectivity index (χ3n) is 4.13. The maximum absolute atomic E-state index is 12.7. The van der Waals surface area contributed by atoms with Crippen LogP contribution in [0.4, 0.5) is 5.69 Å². The summed E-state index contributed by atoms with van der Waals surface area (Å²) in [5, 5.41) is 5.93. The maximum Gasteiger partial charge on any atom is 0.270 e. The lowest BCUT2D eigenvalue weighted by Gasteiger charge is -2.33. The number of amides is 2. The van der Waals surface area contributed by atoms with E-state index in [1.165, 1.54) is 0 Å². The van der Waals surface area contributed by atoms with Crippen molar-refractivity contribution in [3.05, 3.63) is 30.3 Å². The van der Waals surface area contributed by atoms with Gasteiger partial charge in [0.2, 0.25) is 5.91 Å². The normalized spacial score (nSPS) is 24.5. The van der Waals surface area contributed by atoms with Crippen LogP contribution in [-0.4, -0.2) is 54.3 Å². The fraction of sp³-hybridized carbons (Fsp3) is 0.438. The number of hydrogen-bond acceptors (Lipinski definition) is 5. The lowest BCUT2D eigenvalue weighted by atomic mass is 10.1. The minimum Gasteiger partial charge on any atom is -0.377 e. The predicted molar refractivity (Wildman–Crippen MR) is 85.9 cm³/mol. The van der Waals surface area contributed by atoms with Crippen LogP contribution in [0.1, 0.15) is 13.3 Å². The van der Waals surface area contributed by atoms with Gasteiger partial charge in [0.25, 0.3) is 5.91 Å². The second-order valence-corrected chi connectivity index (χ2v) is 5.77. The number of morpholine rings is 1. The minimum atomic E-state index is -0.632. The number of nitrogens with zero attached hydrogens (tertiary/aromatic N) is 3. The van der Waals surface area contributed by atoms with Crippen molar-refractivity contribution >= 4 is 23.2 Å². The van der Waals surface area contributed by atoms with Crippen LogP contribution in [0.2, 0.25) is 0 Å². The second-order valence-electron chi connectivity index (χ2n) is 5.77. The molecule has 1 aromatic rings. The third-order valence-corrected chi connectivity index (χ3v) is 4.13. The fourth-order valence-electron chi connectivity index (χ4n) is 2.87. The van der Waals surface area contributed by atoms with Gasteiger partial charge < -0.3 is 15.4 Å². The summed E-state index contributed by atoms with van der Waals surface area (Å²) in [5.74, 6) is -0.638. The van der Waals surface area contributed by atoms with Gasteiger partial charge in [0, 0.05) is 13.0 Å². The molecule has 7 nitrogen and oxygen atoms in total. The molecule has 0 aliphatic carbocycles. The third kappa shape index (κ3) is 3.05. The van der Waals surface area contributed by atoms with E-state index in [-0.39, 0.29) is 18.4 Å². The van der Waals surface area contributed by atoms with E-state index in [1.54, 1.807) is 9.91 Å². The van der Waals surface area contributed by atoms with Crippen molar-refractivity contribution < 1.29 is 14.3 Å².